The highest BCUT2D eigenvalue weighted by Crippen LogP contribution is 2.35. The second-order valence-corrected chi connectivity index (χ2v) is 10.1. The minimum absolute atomic E-state index is 0.178. The standard InChI is InChI=1S/C24H18Cl2N2O3S/c1-15(29)22-14-28(24(27-22)23-20(25)7-4-8-21(23)26)18-11-9-16(10-12-18)17-5-3-6-19(13-17)32(2,30)31/h3-14H,1-2H3. The van der Waals surface area contributed by atoms with Crippen LogP contribution in [0.25, 0.3) is 28.2 Å². The van der Waals surface area contributed by atoms with Gasteiger partial charge in [0.25, 0.3) is 0 Å². The third kappa shape index (κ3) is 4.35. The summed E-state index contributed by atoms with van der Waals surface area (Å²) in [6.45, 7) is 1.45. The molecule has 0 atom stereocenters. The Kier molecular flexibility index (Phi) is 5.95. The number of hydrogen-bond donors (Lipinski definition) is 0. The van der Waals surface area contributed by atoms with Crippen LogP contribution in [0.3, 0.4) is 0 Å². The molecule has 1 aromatic heterocycles. The van der Waals surface area contributed by atoms with E-state index in [0.717, 1.165) is 16.8 Å². The maximum absolute atomic E-state index is 12.0. The number of halogens is 2. The minimum Gasteiger partial charge on any atom is -0.299 e. The number of nitrogens with zero attached hydrogens (tertiary/aromatic N) is 2. The smallest absolute Gasteiger partial charge is 0.179 e. The largest absolute Gasteiger partial charge is 0.299 e. The molecule has 4 rings (SSSR count). The summed E-state index contributed by atoms with van der Waals surface area (Å²) in [4.78, 5) is 16.7. The molecular weight excluding hydrogens is 467 g/mol. The first-order valence-corrected chi connectivity index (χ1v) is 12.3. The highest BCUT2D eigenvalue weighted by Gasteiger charge is 2.19. The molecule has 5 nitrogen and oxygen atoms in total. The van der Waals surface area contributed by atoms with Crippen LogP contribution in [0.4, 0.5) is 0 Å². The van der Waals surface area contributed by atoms with Crippen molar-refractivity contribution in [1.82, 2.24) is 9.55 Å². The lowest BCUT2D eigenvalue weighted by molar-refractivity contribution is 0.101. The number of benzene rings is 3. The van der Waals surface area contributed by atoms with Gasteiger partial charge >= 0.3 is 0 Å². The zero-order chi connectivity index (χ0) is 23.0. The molecule has 8 heteroatoms. The molecule has 0 aliphatic rings. The average Bonchev–Trinajstić information content (AvgIpc) is 3.19. The summed E-state index contributed by atoms with van der Waals surface area (Å²) in [5.41, 5.74) is 3.21. The van der Waals surface area contributed by atoms with Gasteiger partial charge in [0.1, 0.15) is 11.5 Å². The van der Waals surface area contributed by atoms with Gasteiger partial charge < -0.3 is 0 Å². The molecule has 0 fully saturated rings. The van der Waals surface area contributed by atoms with E-state index < -0.39 is 9.84 Å². The summed E-state index contributed by atoms with van der Waals surface area (Å²) in [5.74, 6) is 0.278. The van der Waals surface area contributed by atoms with Crippen LogP contribution in [-0.2, 0) is 9.84 Å². The number of aromatic nitrogens is 2. The van der Waals surface area contributed by atoms with Crippen molar-refractivity contribution in [2.24, 2.45) is 0 Å². The molecule has 1 heterocycles. The summed E-state index contributed by atoms with van der Waals surface area (Å²) < 4.78 is 25.5. The van der Waals surface area contributed by atoms with Gasteiger partial charge in [-0.2, -0.15) is 0 Å². The van der Waals surface area contributed by atoms with Crippen LogP contribution < -0.4 is 0 Å². The molecule has 0 radical (unpaired) electrons. The van der Waals surface area contributed by atoms with Crippen molar-refractivity contribution < 1.29 is 13.2 Å². The van der Waals surface area contributed by atoms with Crippen LogP contribution >= 0.6 is 23.2 Å². The number of carbonyl (C=O) groups is 1. The van der Waals surface area contributed by atoms with E-state index in [9.17, 15) is 13.2 Å². The van der Waals surface area contributed by atoms with Crippen LogP contribution in [0.2, 0.25) is 10.0 Å². The third-order valence-electron chi connectivity index (χ3n) is 4.99. The highest BCUT2D eigenvalue weighted by atomic mass is 35.5. The first kappa shape index (κ1) is 22.3. The van der Waals surface area contributed by atoms with Crippen molar-refractivity contribution in [2.75, 3.05) is 6.26 Å². The Balaban J connectivity index is 1.81. The lowest BCUT2D eigenvalue weighted by Gasteiger charge is -2.11. The van der Waals surface area contributed by atoms with Gasteiger partial charge in [0.2, 0.25) is 0 Å². The monoisotopic (exact) mass is 484 g/mol. The predicted octanol–water partition coefficient (Wildman–Crippen LogP) is 6.12. The molecule has 32 heavy (non-hydrogen) atoms. The number of imidazole rings is 1. The molecule has 0 saturated carbocycles. The quantitative estimate of drug-likeness (QED) is 0.320. The molecule has 4 aromatic rings. The Morgan fingerprint density at radius 1 is 0.906 bits per heavy atom. The Labute approximate surface area is 196 Å². The Morgan fingerprint density at radius 2 is 1.53 bits per heavy atom. The van der Waals surface area contributed by atoms with E-state index in [2.05, 4.69) is 4.98 Å². The normalized spacial score (nSPS) is 11.5. The lowest BCUT2D eigenvalue weighted by atomic mass is 10.1. The number of rotatable bonds is 5. The van der Waals surface area contributed by atoms with Gasteiger partial charge in [-0.15, -0.1) is 0 Å². The van der Waals surface area contributed by atoms with E-state index >= 15 is 0 Å². The second-order valence-electron chi connectivity index (χ2n) is 7.32. The Hall–Kier alpha value is -2.93. The average molecular weight is 485 g/mol. The van der Waals surface area contributed by atoms with E-state index in [1.54, 1.807) is 47.2 Å². The maximum Gasteiger partial charge on any atom is 0.179 e. The van der Waals surface area contributed by atoms with Crippen molar-refractivity contribution in [1.29, 1.82) is 0 Å². The first-order valence-electron chi connectivity index (χ1n) is 9.61. The van der Waals surface area contributed by atoms with Gasteiger partial charge in [0.15, 0.2) is 15.6 Å². The fourth-order valence-electron chi connectivity index (χ4n) is 3.36. The topological polar surface area (TPSA) is 69.0 Å². The van der Waals surface area contributed by atoms with E-state index in [4.69, 9.17) is 23.2 Å². The molecule has 3 aromatic carbocycles. The van der Waals surface area contributed by atoms with Crippen molar-refractivity contribution in [3.63, 3.8) is 0 Å². The van der Waals surface area contributed by atoms with Crippen LogP contribution in [0, 0.1) is 0 Å². The molecular formula is C24H18Cl2N2O3S. The molecule has 0 bridgehead atoms. The minimum atomic E-state index is -3.30. The molecule has 0 spiro atoms. The molecule has 0 aliphatic heterocycles. The summed E-state index contributed by atoms with van der Waals surface area (Å²) in [7, 11) is -3.30. The van der Waals surface area contributed by atoms with Gasteiger partial charge in [-0.25, -0.2) is 13.4 Å². The number of ketones is 1. The molecule has 0 unspecified atom stereocenters. The predicted molar refractivity (Wildman–Crippen MR) is 128 cm³/mol. The zero-order valence-corrected chi connectivity index (χ0v) is 19.5. The Morgan fingerprint density at radius 3 is 2.12 bits per heavy atom. The fraction of sp³-hybridized carbons (Fsp3) is 0.0833. The van der Waals surface area contributed by atoms with Gasteiger partial charge in [0, 0.05) is 25.1 Å². The molecule has 0 amide bonds. The summed E-state index contributed by atoms with van der Waals surface area (Å²) in [5, 5.41) is 0.849. The van der Waals surface area contributed by atoms with Gasteiger partial charge in [0.05, 0.1) is 20.5 Å². The summed E-state index contributed by atoms with van der Waals surface area (Å²) in [6.07, 6.45) is 2.83. The van der Waals surface area contributed by atoms with Crippen molar-refractivity contribution in [3.8, 4) is 28.2 Å². The van der Waals surface area contributed by atoms with Crippen molar-refractivity contribution >= 4 is 38.8 Å². The van der Waals surface area contributed by atoms with E-state index in [1.807, 2.05) is 30.3 Å². The maximum atomic E-state index is 12.0. The number of carbonyl (C=O) groups excluding carboxylic acids is 1. The molecule has 0 N–H and O–H groups in total. The summed E-state index contributed by atoms with van der Waals surface area (Å²) in [6, 6.07) is 19.4. The van der Waals surface area contributed by atoms with E-state index in [0.29, 0.717) is 27.1 Å². The van der Waals surface area contributed by atoms with Crippen molar-refractivity contribution in [3.05, 3.63) is 88.7 Å². The Bertz CT molecular complexity index is 1420. The number of hydrogen-bond acceptors (Lipinski definition) is 4. The van der Waals surface area contributed by atoms with Crippen molar-refractivity contribution in [2.45, 2.75) is 11.8 Å². The van der Waals surface area contributed by atoms with Crippen LogP contribution in [0.15, 0.2) is 77.8 Å². The first-order chi connectivity index (χ1) is 15.1. The van der Waals surface area contributed by atoms with E-state index in [-0.39, 0.29) is 10.7 Å². The fourth-order valence-corrected chi connectivity index (χ4v) is 4.59. The van der Waals surface area contributed by atoms with Gasteiger partial charge in [-0.3, -0.25) is 9.36 Å². The number of Topliss-reactive ketones (excluding diaryl/α,β-unsaturated/α-hetero) is 1. The van der Waals surface area contributed by atoms with Crippen LogP contribution in [0.5, 0.6) is 0 Å². The summed E-state index contributed by atoms with van der Waals surface area (Å²) >= 11 is 12.8. The van der Waals surface area contributed by atoms with Gasteiger partial charge in [-0.1, -0.05) is 53.5 Å². The van der Waals surface area contributed by atoms with Crippen LogP contribution in [-0.4, -0.2) is 30.0 Å². The molecule has 0 saturated heterocycles. The van der Waals surface area contributed by atoms with Crippen LogP contribution in [0.1, 0.15) is 17.4 Å². The molecule has 162 valence electrons. The van der Waals surface area contributed by atoms with E-state index in [1.165, 1.54) is 13.2 Å². The third-order valence-corrected chi connectivity index (χ3v) is 6.73. The molecule has 0 aliphatic carbocycles. The number of sulfone groups is 1. The second kappa shape index (κ2) is 8.54. The highest BCUT2D eigenvalue weighted by molar-refractivity contribution is 7.90. The van der Waals surface area contributed by atoms with Gasteiger partial charge in [-0.05, 0) is 47.5 Å². The zero-order valence-electron chi connectivity index (χ0n) is 17.2. The lowest BCUT2D eigenvalue weighted by Crippen LogP contribution is -1.98. The SMILES string of the molecule is CC(=O)c1cn(-c2ccc(-c3cccc(S(C)(=O)=O)c3)cc2)c(-c2c(Cl)cccc2Cl)n1.